The molecule has 3 rings (SSSR count). The van der Waals surface area contributed by atoms with Crippen LogP contribution < -0.4 is 15.1 Å². The average molecular weight is 481 g/mol. The maximum Gasteiger partial charge on any atom is 0.416 e. The van der Waals surface area contributed by atoms with E-state index in [0.29, 0.717) is 43.2 Å². The molecular formula is C23H31F3N6O2. The Balaban J connectivity index is 1.61. The zero-order chi connectivity index (χ0) is 24.9. The Bertz CT molecular complexity index is 1000. The number of halogens is 3. The highest BCUT2D eigenvalue weighted by Crippen LogP contribution is 2.34. The van der Waals surface area contributed by atoms with Crippen LogP contribution in [0.15, 0.2) is 30.5 Å². The van der Waals surface area contributed by atoms with E-state index in [1.807, 2.05) is 22.8 Å². The average Bonchev–Trinajstić information content (AvgIpc) is 3.49. The number of hydrogen-bond donors (Lipinski definition) is 1. The molecule has 0 saturated carbocycles. The highest BCUT2D eigenvalue weighted by Gasteiger charge is 2.32. The number of benzene rings is 1. The van der Waals surface area contributed by atoms with Crippen molar-refractivity contribution >= 4 is 23.4 Å². The van der Waals surface area contributed by atoms with Crippen molar-refractivity contribution in [2.24, 2.45) is 0 Å². The van der Waals surface area contributed by atoms with E-state index < -0.39 is 17.8 Å². The van der Waals surface area contributed by atoms with Crippen LogP contribution in [0.25, 0.3) is 0 Å². The van der Waals surface area contributed by atoms with Crippen LogP contribution in [0.5, 0.6) is 0 Å². The number of likely N-dealkylation sites (N-methyl/N-ethyl adjacent to an activating group) is 1. The third-order valence-electron chi connectivity index (χ3n) is 5.93. The van der Waals surface area contributed by atoms with E-state index in [2.05, 4.69) is 10.4 Å². The number of carbonyl (C=O) groups excluding carboxylic acids is 2. The van der Waals surface area contributed by atoms with Gasteiger partial charge in [-0.1, -0.05) is 6.92 Å². The van der Waals surface area contributed by atoms with Gasteiger partial charge in [0.05, 0.1) is 5.56 Å². The number of amides is 2. The van der Waals surface area contributed by atoms with Gasteiger partial charge in [0.15, 0.2) is 5.82 Å². The Morgan fingerprint density at radius 2 is 1.88 bits per heavy atom. The molecule has 1 aliphatic rings. The van der Waals surface area contributed by atoms with E-state index in [0.717, 1.165) is 30.6 Å². The van der Waals surface area contributed by atoms with Gasteiger partial charge in [-0.15, -0.1) is 5.10 Å². The van der Waals surface area contributed by atoms with Gasteiger partial charge in [-0.05, 0) is 43.1 Å². The summed E-state index contributed by atoms with van der Waals surface area (Å²) in [6.07, 6.45) is -0.983. The second kappa shape index (κ2) is 10.9. The minimum atomic E-state index is -4.41. The van der Waals surface area contributed by atoms with E-state index in [4.69, 9.17) is 0 Å². The summed E-state index contributed by atoms with van der Waals surface area (Å²) >= 11 is 0. The maximum absolute atomic E-state index is 13.5. The maximum atomic E-state index is 13.5. The third-order valence-corrected chi connectivity index (χ3v) is 5.93. The third kappa shape index (κ3) is 6.49. The lowest BCUT2D eigenvalue weighted by molar-refractivity contribution is -0.137. The first kappa shape index (κ1) is 25.5. The predicted octanol–water partition coefficient (Wildman–Crippen LogP) is 3.56. The highest BCUT2D eigenvalue weighted by atomic mass is 19.4. The summed E-state index contributed by atoms with van der Waals surface area (Å²) in [7, 11) is 1.56. The number of rotatable bonds is 8. The second-order valence-electron chi connectivity index (χ2n) is 8.38. The minimum absolute atomic E-state index is 0.202. The van der Waals surface area contributed by atoms with Gasteiger partial charge in [-0.2, -0.15) is 17.9 Å². The van der Waals surface area contributed by atoms with Crippen molar-refractivity contribution in [2.75, 3.05) is 49.6 Å². The summed E-state index contributed by atoms with van der Waals surface area (Å²) in [5, 5.41) is 6.83. The summed E-state index contributed by atoms with van der Waals surface area (Å²) in [5.41, 5.74) is 0.562. The Morgan fingerprint density at radius 1 is 1.18 bits per heavy atom. The number of aromatic nitrogens is 2. The predicted molar refractivity (Wildman–Crippen MR) is 124 cm³/mol. The molecule has 1 aromatic carbocycles. The van der Waals surface area contributed by atoms with Crippen LogP contribution in [0.3, 0.4) is 0 Å². The number of hydrogen-bond acceptors (Lipinski definition) is 5. The van der Waals surface area contributed by atoms with E-state index in [-0.39, 0.29) is 5.91 Å². The molecular weight excluding hydrogens is 449 g/mol. The summed E-state index contributed by atoms with van der Waals surface area (Å²) in [4.78, 5) is 29.1. The van der Waals surface area contributed by atoms with E-state index in [1.54, 1.807) is 13.1 Å². The first-order valence-corrected chi connectivity index (χ1v) is 11.3. The summed E-state index contributed by atoms with van der Waals surface area (Å²) in [6.45, 7) is 6.56. The minimum Gasteiger partial charge on any atom is -0.372 e. The Hall–Kier alpha value is -3.08. The fourth-order valence-electron chi connectivity index (χ4n) is 3.86. The molecule has 0 atom stereocenters. The molecule has 0 unspecified atom stereocenters. The van der Waals surface area contributed by atoms with Crippen molar-refractivity contribution in [3.8, 4) is 0 Å². The van der Waals surface area contributed by atoms with E-state index in [9.17, 15) is 22.8 Å². The fraction of sp³-hybridized carbons (Fsp3) is 0.522. The van der Waals surface area contributed by atoms with Gasteiger partial charge in [-0.3, -0.25) is 14.6 Å². The van der Waals surface area contributed by atoms with Crippen LogP contribution in [-0.2, 0) is 17.5 Å². The lowest BCUT2D eigenvalue weighted by atomic mass is 10.1. The molecule has 2 aromatic rings. The SMILES string of the molecule is CCN(CCNC(=O)n1ccc(N(C)C(C)=O)n1)Cc1cc(N2CCCC2)cc(C(F)(F)F)c1. The molecule has 1 N–H and O–H groups in total. The molecule has 0 spiro atoms. The normalized spacial score (nSPS) is 14.0. The molecule has 34 heavy (non-hydrogen) atoms. The summed E-state index contributed by atoms with van der Waals surface area (Å²) in [6, 6.07) is 5.38. The molecule has 1 saturated heterocycles. The van der Waals surface area contributed by atoms with Crippen molar-refractivity contribution < 1.29 is 22.8 Å². The first-order valence-electron chi connectivity index (χ1n) is 11.3. The lowest BCUT2D eigenvalue weighted by Gasteiger charge is -2.24. The largest absolute Gasteiger partial charge is 0.416 e. The molecule has 2 amide bonds. The van der Waals surface area contributed by atoms with Crippen molar-refractivity contribution in [1.29, 1.82) is 0 Å². The van der Waals surface area contributed by atoms with Crippen LogP contribution in [0.1, 0.15) is 37.8 Å². The lowest BCUT2D eigenvalue weighted by Crippen LogP contribution is -2.37. The molecule has 2 heterocycles. The topological polar surface area (TPSA) is 73.7 Å². The van der Waals surface area contributed by atoms with Crippen LogP contribution >= 0.6 is 0 Å². The first-order chi connectivity index (χ1) is 16.1. The van der Waals surface area contributed by atoms with Crippen LogP contribution in [0.4, 0.5) is 29.5 Å². The van der Waals surface area contributed by atoms with E-state index >= 15 is 0 Å². The molecule has 1 aromatic heterocycles. The molecule has 186 valence electrons. The molecule has 8 nitrogen and oxygen atoms in total. The van der Waals surface area contributed by atoms with Crippen LogP contribution in [0.2, 0.25) is 0 Å². The van der Waals surface area contributed by atoms with E-state index in [1.165, 1.54) is 30.2 Å². The molecule has 0 radical (unpaired) electrons. The van der Waals surface area contributed by atoms with Crippen LogP contribution in [0, 0.1) is 0 Å². The highest BCUT2D eigenvalue weighted by molar-refractivity contribution is 5.90. The van der Waals surface area contributed by atoms with Gasteiger partial charge in [0.25, 0.3) is 0 Å². The van der Waals surface area contributed by atoms with Gasteiger partial charge in [0.2, 0.25) is 5.91 Å². The number of carbonyl (C=O) groups is 2. The van der Waals surface area contributed by atoms with Crippen molar-refractivity contribution in [1.82, 2.24) is 20.0 Å². The Kier molecular flexibility index (Phi) is 8.19. The second-order valence-corrected chi connectivity index (χ2v) is 8.38. The standard InChI is InChI=1S/C23H31F3N6O2/c1-4-30(12-8-27-22(34)32-11-7-21(28-32)29(3)17(2)33)16-18-13-19(23(24,25)26)15-20(14-18)31-9-5-6-10-31/h7,11,13-15H,4-6,8-10,12,16H2,1-3H3,(H,27,34). The smallest absolute Gasteiger partial charge is 0.372 e. The summed E-state index contributed by atoms with van der Waals surface area (Å²) < 4.78 is 41.6. The molecule has 1 aliphatic heterocycles. The number of anilines is 2. The van der Waals surface area contributed by atoms with Gasteiger partial charge in [0.1, 0.15) is 0 Å². The van der Waals surface area contributed by atoms with Gasteiger partial charge in [0, 0.05) is 64.6 Å². The van der Waals surface area contributed by atoms with Crippen molar-refractivity contribution in [3.05, 3.63) is 41.6 Å². The fourth-order valence-corrected chi connectivity index (χ4v) is 3.86. The molecule has 1 fully saturated rings. The van der Waals surface area contributed by atoms with Gasteiger partial charge >= 0.3 is 12.2 Å². The zero-order valence-corrected chi connectivity index (χ0v) is 19.7. The number of nitrogens with one attached hydrogen (secondary N) is 1. The molecule has 0 bridgehead atoms. The quantitative estimate of drug-likeness (QED) is 0.626. The zero-order valence-electron chi connectivity index (χ0n) is 19.7. The summed E-state index contributed by atoms with van der Waals surface area (Å²) in [5.74, 6) is 0.155. The van der Waals surface area contributed by atoms with Crippen LogP contribution in [-0.4, -0.2) is 66.4 Å². The van der Waals surface area contributed by atoms with Gasteiger partial charge < -0.3 is 10.2 Å². The Labute approximate surface area is 197 Å². The molecule has 11 heteroatoms. The monoisotopic (exact) mass is 480 g/mol. The Morgan fingerprint density at radius 3 is 2.50 bits per heavy atom. The van der Waals surface area contributed by atoms with Crippen molar-refractivity contribution in [2.45, 2.75) is 39.4 Å². The van der Waals surface area contributed by atoms with Crippen molar-refractivity contribution in [3.63, 3.8) is 0 Å². The number of alkyl halides is 3. The molecule has 0 aliphatic carbocycles. The van der Waals surface area contributed by atoms with Gasteiger partial charge in [-0.25, -0.2) is 4.79 Å². The number of nitrogens with zero attached hydrogens (tertiary/aromatic N) is 5.